The van der Waals surface area contributed by atoms with Gasteiger partial charge in [-0.1, -0.05) is 46.4 Å². The molecule has 6 heteroatoms. The Morgan fingerprint density at radius 3 is 2.00 bits per heavy atom. The number of nitrogens with zero attached hydrogens (tertiary/aromatic N) is 1. The van der Waals surface area contributed by atoms with E-state index in [-0.39, 0.29) is 31.4 Å². The van der Waals surface area contributed by atoms with Crippen molar-refractivity contribution >= 4 is 52.6 Å². The first-order valence-corrected chi connectivity index (χ1v) is 4.99. The third-order valence-electron chi connectivity index (χ3n) is 1.54. The fourth-order valence-corrected chi connectivity index (χ4v) is 1.79. The van der Waals surface area contributed by atoms with Gasteiger partial charge < -0.3 is 5.11 Å². The fourth-order valence-electron chi connectivity index (χ4n) is 0.884. The van der Waals surface area contributed by atoms with Crippen molar-refractivity contribution in [2.24, 2.45) is 4.99 Å². The van der Waals surface area contributed by atoms with Crippen LogP contribution < -0.4 is 0 Å². The van der Waals surface area contributed by atoms with E-state index >= 15 is 0 Å². The van der Waals surface area contributed by atoms with Crippen LogP contribution in [0.15, 0.2) is 4.99 Å². The van der Waals surface area contributed by atoms with Crippen LogP contribution in [0, 0.1) is 0 Å². The zero-order valence-electron chi connectivity index (χ0n) is 6.98. The minimum absolute atomic E-state index is 0.0315. The van der Waals surface area contributed by atoms with E-state index in [1.54, 1.807) is 0 Å². The molecule has 0 heterocycles. The molecule has 0 amide bonds. The van der Waals surface area contributed by atoms with Crippen molar-refractivity contribution in [1.29, 1.82) is 0 Å². The minimum Gasteiger partial charge on any atom is -0.506 e. The molecule has 0 radical (unpaired) electrons. The number of phenols is 1. The summed E-state index contributed by atoms with van der Waals surface area (Å²) in [6.07, 6.45) is 1.35. The van der Waals surface area contributed by atoms with Gasteiger partial charge in [0.25, 0.3) is 0 Å². The number of halogens is 4. The van der Waals surface area contributed by atoms with E-state index in [1.807, 2.05) is 0 Å². The molecule has 0 saturated heterocycles. The zero-order valence-corrected chi connectivity index (χ0v) is 10.0. The van der Waals surface area contributed by atoms with Crippen molar-refractivity contribution in [3.8, 4) is 5.75 Å². The van der Waals surface area contributed by atoms with Gasteiger partial charge in [-0.25, -0.2) is 0 Å². The third-order valence-corrected chi connectivity index (χ3v) is 3.34. The standard InChI is InChI=1S/C8H5Cl4NO/c1-13-2-3-4(9)5(10)6(11)7(12)8(3)14/h2,14H,1H3. The van der Waals surface area contributed by atoms with Gasteiger partial charge in [-0.15, -0.1) is 0 Å². The molecule has 0 unspecified atom stereocenters. The lowest BCUT2D eigenvalue weighted by Crippen LogP contribution is -1.88. The van der Waals surface area contributed by atoms with Crippen LogP contribution in [0.4, 0.5) is 0 Å². The van der Waals surface area contributed by atoms with Crippen LogP contribution in [0.2, 0.25) is 20.1 Å². The molecule has 1 rings (SSSR count). The molecule has 0 fully saturated rings. The highest BCUT2D eigenvalue weighted by atomic mass is 35.5. The minimum atomic E-state index is -0.225. The van der Waals surface area contributed by atoms with Crippen molar-refractivity contribution in [2.45, 2.75) is 0 Å². The second-order valence-electron chi connectivity index (χ2n) is 2.41. The maximum atomic E-state index is 9.56. The van der Waals surface area contributed by atoms with Crippen LogP contribution in [0.25, 0.3) is 0 Å². The molecule has 0 bridgehead atoms. The molecule has 0 atom stereocenters. The van der Waals surface area contributed by atoms with Gasteiger partial charge in [0, 0.05) is 13.3 Å². The number of aliphatic imine (C=N–C) groups is 1. The summed E-state index contributed by atoms with van der Waals surface area (Å²) in [5.41, 5.74) is 0.258. The van der Waals surface area contributed by atoms with Gasteiger partial charge in [0.15, 0.2) is 0 Å². The molecule has 0 aliphatic rings. The molecule has 0 spiro atoms. The summed E-state index contributed by atoms with van der Waals surface area (Å²) >= 11 is 23.0. The Kier molecular flexibility index (Phi) is 3.90. The molecule has 0 aromatic heterocycles. The van der Waals surface area contributed by atoms with E-state index in [4.69, 9.17) is 46.4 Å². The highest BCUT2D eigenvalue weighted by molar-refractivity contribution is 6.53. The molecule has 2 nitrogen and oxygen atoms in total. The fraction of sp³-hybridized carbons (Fsp3) is 0.125. The van der Waals surface area contributed by atoms with Crippen LogP contribution in [0.5, 0.6) is 5.75 Å². The molecule has 0 aliphatic carbocycles. The molecular weight excluding hydrogens is 268 g/mol. The Labute approximate surface area is 101 Å². The first-order chi connectivity index (χ1) is 6.50. The van der Waals surface area contributed by atoms with Crippen molar-refractivity contribution in [3.05, 3.63) is 25.7 Å². The van der Waals surface area contributed by atoms with Crippen LogP contribution >= 0.6 is 46.4 Å². The number of phenolic OH excluding ortho intramolecular Hbond substituents is 1. The lowest BCUT2D eigenvalue weighted by atomic mass is 10.2. The lowest BCUT2D eigenvalue weighted by molar-refractivity contribution is 0.475. The Hall–Kier alpha value is -0.150. The normalized spacial score (nSPS) is 11.2. The van der Waals surface area contributed by atoms with E-state index in [1.165, 1.54) is 13.3 Å². The summed E-state index contributed by atoms with van der Waals surface area (Å²) in [5.74, 6) is -0.225. The van der Waals surface area contributed by atoms with Crippen molar-refractivity contribution in [1.82, 2.24) is 0 Å². The van der Waals surface area contributed by atoms with Crippen LogP contribution in [0.1, 0.15) is 5.56 Å². The Morgan fingerprint density at radius 1 is 1.00 bits per heavy atom. The van der Waals surface area contributed by atoms with E-state index < -0.39 is 0 Å². The second-order valence-corrected chi connectivity index (χ2v) is 3.92. The lowest BCUT2D eigenvalue weighted by Gasteiger charge is -2.08. The smallest absolute Gasteiger partial charge is 0.146 e. The number of hydrogen-bond acceptors (Lipinski definition) is 2. The van der Waals surface area contributed by atoms with Crippen molar-refractivity contribution in [3.63, 3.8) is 0 Å². The Balaban J connectivity index is 3.59. The van der Waals surface area contributed by atoms with Gasteiger partial charge in [-0.2, -0.15) is 0 Å². The molecule has 1 aromatic carbocycles. The molecule has 76 valence electrons. The summed E-state index contributed by atoms with van der Waals surface area (Å²) in [4.78, 5) is 3.71. The SMILES string of the molecule is CN=Cc1c(O)c(Cl)c(Cl)c(Cl)c1Cl. The Morgan fingerprint density at radius 2 is 1.50 bits per heavy atom. The predicted molar refractivity (Wildman–Crippen MR) is 61.7 cm³/mol. The van der Waals surface area contributed by atoms with Gasteiger partial charge in [0.1, 0.15) is 10.8 Å². The van der Waals surface area contributed by atoms with Crippen molar-refractivity contribution in [2.75, 3.05) is 7.05 Å². The molecule has 14 heavy (non-hydrogen) atoms. The average molecular weight is 273 g/mol. The molecule has 1 N–H and O–H groups in total. The van der Waals surface area contributed by atoms with Crippen LogP contribution in [-0.2, 0) is 0 Å². The van der Waals surface area contributed by atoms with E-state index in [0.717, 1.165) is 0 Å². The molecular formula is C8H5Cl4NO. The van der Waals surface area contributed by atoms with Gasteiger partial charge in [-0.05, 0) is 0 Å². The topological polar surface area (TPSA) is 32.6 Å². The van der Waals surface area contributed by atoms with Gasteiger partial charge >= 0.3 is 0 Å². The summed E-state index contributed by atoms with van der Waals surface area (Å²) in [7, 11) is 1.53. The highest BCUT2D eigenvalue weighted by Gasteiger charge is 2.18. The van der Waals surface area contributed by atoms with Crippen LogP contribution in [0.3, 0.4) is 0 Å². The zero-order chi connectivity index (χ0) is 10.9. The van der Waals surface area contributed by atoms with Crippen molar-refractivity contribution < 1.29 is 5.11 Å². The quantitative estimate of drug-likeness (QED) is 0.467. The summed E-state index contributed by atoms with van der Waals surface area (Å²) in [6.45, 7) is 0. The first-order valence-electron chi connectivity index (χ1n) is 3.47. The molecule has 1 aromatic rings. The average Bonchev–Trinajstić information content (AvgIpc) is 2.19. The predicted octanol–water partition coefficient (Wildman–Crippen LogP) is 4.05. The number of hydrogen-bond donors (Lipinski definition) is 1. The van der Waals surface area contributed by atoms with Crippen LogP contribution in [-0.4, -0.2) is 18.4 Å². The third kappa shape index (κ3) is 1.94. The maximum absolute atomic E-state index is 9.56. The first kappa shape index (κ1) is 11.9. The number of aromatic hydroxyl groups is 1. The molecule has 0 aliphatic heterocycles. The summed E-state index contributed by atoms with van der Waals surface area (Å²) in [5, 5.41) is 9.80. The monoisotopic (exact) mass is 271 g/mol. The number of rotatable bonds is 1. The second kappa shape index (κ2) is 4.58. The van der Waals surface area contributed by atoms with E-state index in [0.29, 0.717) is 0 Å². The van der Waals surface area contributed by atoms with E-state index in [2.05, 4.69) is 4.99 Å². The van der Waals surface area contributed by atoms with Gasteiger partial charge in [-0.3, -0.25) is 4.99 Å². The van der Waals surface area contributed by atoms with Gasteiger partial charge in [0.2, 0.25) is 0 Å². The van der Waals surface area contributed by atoms with E-state index in [9.17, 15) is 5.11 Å². The largest absolute Gasteiger partial charge is 0.506 e. The highest BCUT2D eigenvalue weighted by Crippen LogP contribution is 2.44. The summed E-state index contributed by atoms with van der Waals surface area (Å²) in [6, 6.07) is 0. The van der Waals surface area contributed by atoms with Gasteiger partial charge in [0.05, 0.1) is 20.6 Å². The molecule has 0 saturated carbocycles. The summed E-state index contributed by atoms with van der Waals surface area (Å²) < 4.78 is 0. The maximum Gasteiger partial charge on any atom is 0.146 e. The Bertz CT molecular complexity index is 374. The number of benzene rings is 1.